The van der Waals surface area contributed by atoms with Gasteiger partial charge in [-0.25, -0.2) is 4.98 Å². The minimum absolute atomic E-state index is 0.0126. The summed E-state index contributed by atoms with van der Waals surface area (Å²) in [4.78, 5) is 19.2. The van der Waals surface area contributed by atoms with Gasteiger partial charge in [-0.05, 0) is 43.5 Å². The van der Waals surface area contributed by atoms with Crippen molar-refractivity contribution in [1.82, 2.24) is 9.97 Å². The number of nitrogens with zero attached hydrogens (tertiary/aromatic N) is 1. The predicted molar refractivity (Wildman–Crippen MR) is 84.6 cm³/mol. The first kappa shape index (κ1) is 14.5. The molecule has 3 rings (SSSR count). The first-order chi connectivity index (χ1) is 10.2. The van der Waals surface area contributed by atoms with Crippen LogP contribution < -0.4 is 10.3 Å². The average Bonchev–Trinajstić information content (AvgIpc) is 2.94. The van der Waals surface area contributed by atoms with Crippen molar-refractivity contribution in [2.75, 3.05) is 12.4 Å². The van der Waals surface area contributed by atoms with Gasteiger partial charge in [-0.3, -0.25) is 4.79 Å². The lowest BCUT2D eigenvalue weighted by Gasteiger charge is -2.06. The summed E-state index contributed by atoms with van der Waals surface area (Å²) in [5.41, 5.74) is 1.83. The molecule has 0 amide bonds. The number of nitrogens with one attached hydrogen (secondary N) is 1. The zero-order chi connectivity index (χ0) is 14.7. The Kier molecular flexibility index (Phi) is 4.51. The van der Waals surface area contributed by atoms with Crippen LogP contribution in [0.15, 0.2) is 34.2 Å². The summed E-state index contributed by atoms with van der Waals surface area (Å²) in [5.74, 6) is 1.51. The van der Waals surface area contributed by atoms with Crippen LogP contribution in [0, 0.1) is 0 Å². The molecular weight excluding hydrogens is 308 g/mol. The van der Waals surface area contributed by atoms with Gasteiger partial charge >= 0.3 is 0 Å². The first-order valence-corrected chi connectivity index (χ1v) is 8.22. The van der Waals surface area contributed by atoms with Crippen molar-refractivity contribution in [2.45, 2.75) is 24.4 Å². The highest BCUT2D eigenvalue weighted by atomic mass is 35.5. The normalized spacial score (nSPS) is 13.2. The maximum Gasteiger partial charge on any atom is 0.254 e. The van der Waals surface area contributed by atoms with Gasteiger partial charge in [0.2, 0.25) is 0 Å². The number of aromatic amines is 1. The minimum Gasteiger partial charge on any atom is -0.493 e. The highest BCUT2D eigenvalue weighted by Gasteiger charge is 2.16. The van der Waals surface area contributed by atoms with Crippen LogP contribution >= 0.6 is 23.4 Å². The summed E-state index contributed by atoms with van der Waals surface area (Å²) in [6.45, 7) is 0.549. The van der Waals surface area contributed by atoms with Crippen LogP contribution in [-0.2, 0) is 12.8 Å². The topological polar surface area (TPSA) is 55.0 Å². The third-order valence-electron chi connectivity index (χ3n) is 3.32. The largest absolute Gasteiger partial charge is 0.493 e. The lowest BCUT2D eigenvalue weighted by atomic mass is 10.3. The van der Waals surface area contributed by atoms with Gasteiger partial charge in [-0.15, -0.1) is 0 Å². The van der Waals surface area contributed by atoms with Gasteiger partial charge in [0.15, 0.2) is 5.16 Å². The molecule has 0 radical (unpaired) electrons. The second-order valence-corrected chi connectivity index (χ2v) is 6.32. The van der Waals surface area contributed by atoms with Crippen LogP contribution in [0.3, 0.4) is 0 Å². The van der Waals surface area contributed by atoms with Crippen molar-refractivity contribution in [1.29, 1.82) is 0 Å². The number of rotatable bonds is 5. The molecule has 21 heavy (non-hydrogen) atoms. The molecule has 0 bridgehead atoms. The second-order valence-electron chi connectivity index (χ2n) is 4.80. The average molecular weight is 323 g/mol. The zero-order valence-corrected chi connectivity index (χ0v) is 13.0. The molecule has 0 atom stereocenters. The van der Waals surface area contributed by atoms with Gasteiger partial charge < -0.3 is 9.72 Å². The molecule has 1 N–H and O–H groups in total. The quantitative estimate of drug-likeness (QED) is 0.522. The summed E-state index contributed by atoms with van der Waals surface area (Å²) in [5, 5.41) is 1.37. The number of fused-ring (bicyclic) bond motifs is 1. The van der Waals surface area contributed by atoms with Gasteiger partial charge in [-0.1, -0.05) is 23.4 Å². The van der Waals surface area contributed by atoms with Crippen LogP contribution in [0.25, 0.3) is 0 Å². The van der Waals surface area contributed by atoms with Crippen LogP contribution in [0.4, 0.5) is 0 Å². The number of hydrogen-bond donors (Lipinski definition) is 1. The van der Waals surface area contributed by atoms with E-state index in [2.05, 4.69) is 9.97 Å². The molecule has 1 aromatic carbocycles. The van der Waals surface area contributed by atoms with E-state index >= 15 is 0 Å². The highest BCUT2D eigenvalue weighted by Crippen LogP contribution is 2.20. The van der Waals surface area contributed by atoms with Crippen LogP contribution in [-0.4, -0.2) is 22.3 Å². The standard InChI is InChI=1S/C15H15ClN2O2S/c16-10-4-6-11(7-5-10)20-8-9-21-15-17-13-3-1-2-12(13)14(19)18-15/h4-7H,1-3,8-9H2,(H,17,18,19). The fourth-order valence-electron chi connectivity index (χ4n) is 2.32. The van der Waals surface area contributed by atoms with E-state index in [4.69, 9.17) is 16.3 Å². The molecule has 2 aromatic rings. The lowest BCUT2D eigenvalue weighted by Crippen LogP contribution is -2.15. The SMILES string of the molecule is O=c1[nH]c(SCCOc2ccc(Cl)cc2)nc2c1CCC2. The lowest BCUT2D eigenvalue weighted by molar-refractivity contribution is 0.344. The first-order valence-electron chi connectivity index (χ1n) is 6.85. The van der Waals surface area contributed by atoms with E-state index in [9.17, 15) is 4.79 Å². The van der Waals surface area contributed by atoms with E-state index < -0.39 is 0 Å². The molecule has 0 saturated heterocycles. The Morgan fingerprint density at radius 2 is 2.10 bits per heavy atom. The molecule has 0 saturated carbocycles. The maximum absolute atomic E-state index is 11.9. The molecule has 6 heteroatoms. The van der Waals surface area contributed by atoms with Crippen molar-refractivity contribution in [3.63, 3.8) is 0 Å². The van der Waals surface area contributed by atoms with Crippen molar-refractivity contribution in [3.8, 4) is 5.75 Å². The molecular formula is C15H15ClN2O2S. The monoisotopic (exact) mass is 322 g/mol. The molecule has 0 spiro atoms. The summed E-state index contributed by atoms with van der Waals surface area (Å²) in [7, 11) is 0. The van der Waals surface area contributed by atoms with E-state index in [-0.39, 0.29) is 5.56 Å². The number of thioether (sulfide) groups is 1. The summed E-state index contributed by atoms with van der Waals surface area (Å²) < 4.78 is 5.61. The Morgan fingerprint density at radius 1 is 1.29 bits per heavy atom. The van der Waals surface area contributed by atoms with Gasteiger partial charge in [0, 0.05) is 16.3 Å². The Morgan fingerprint density at radius 3 is 2.90 bits per heavy atom. The van der Waals surface area contributed by atoms with Gasteiger partial charge in [0.05, 0.1) is 12.3 Å². The highest BCUT2D eigenvalue weighted by molar-refractivity contribution is 7.99. The van der Waals surface area contributed by atoms with E-state index in [0.717, 1.165) is 42.0 Å². The Balaban J connectivity index is 1.53. The number of hydrogen-bond acceptors (Lipinski definition) is 4. The number of aromatic nitrogens is 2. The van der Waals surface area contributed by atoms with Crippen LogP contribution in [0.1, 0.15) is 17.7 Å². The fourth-order valence-corrected chi connectivity index (χ4v) is 3.14. The minimum atomic E-state index is 0.0126. The molecule has 0 unspecified atom stereocenters. The van der Waals surface area contributed by atoms with Gasteiger partial charge in [0.25, 0.3) is 5.56 Å². The van der Waals surface area contributed by atoms with E-state index in [1.807, 2.05) is 12.1 Å². The molecule has 1 aliphatic rings. The molecule has 1 heterocycles. The van der Waals surface area contributed by atoms with Crippen molar-refractivity contribution >= 4 is 23.4 Å². The smallest absolute Gasteiger partial charge is 0.254 e. The summed E-state index contributed by atoms with van der Waals surface area (Å²) in [6, 6.07) is 7.26. The van der Waals surface area contributed by atoms with Gasteiger partial charge in [-0.2, -0.15) is 0 Å². The number of halogens is 1. The third kappa shape index (κ3) is 3.60. The summed E-state index contributed by atoms with van der Waals surface area (Å²) >= 11 is 7.32. The predicted octanol–water partition coefficient (Wildman–Crippen LogP) is 3.08. The molecule has 0 fully saturated rings. The molecule has 1 aromatic heterocycles. The van der Waals surface area contributed by atoms with E-state index in [0.29, 0.717) is 16.8 Å². The van der Waals surface area contributed by atoms with Crippen LogP contribution in [0.5, 0.6) is 5.75 Å². The molecule has 0 aliphatic heterocycles. The number of H-pyrrole nitrogens is 1. The summed E-state index contributed by atoms with van der Waals surface area (Å²) in [6.07, 6.45) is 2.79. The van der Waals surface area contributed by atoms with E-state index in [1.54, 1.807) is 12.1 Å². The van der Waals surface area contributed by atoms with Crippen molar-refractivity contribution in [3.05, 3.63) is 50.9 Å². The molecule has 110 valence electrons. The van der Waals surface area contributed by atoms with Crippen molar-refractivity contribution in [2.24, 2.45) is 0 Å². The Hall–Kier alpha value is -1.46. The molecule has 4 nitrogen and oxygen atoms in total. The number of ether oxygens (including phenoxy) is 1. The fraction of sp³-hybridized carbons (Fsp3) is 0.333. The Labute approximate surface area is 131 Å². The zero-order valence-electron chi connectivity index (χ0n) is 11.4. The van der Waals surface area contributed by atoms with E-state index in [1.165, 1.54) is 11.8 Å². The number of benzene rings is 1. The van der Waals surface area contributed by atoms with Gasteiger partial charge in [0.1, 0.15) is 5.75 Å². The van der Waals surface area contributed by atoms with Crippen molar-refractivity contribution < 1.29 is 4.74 Å². The maximum atomic E-state index is 11.9. The third-order valence-corrected chi connectivity index (χ3v) is 4.41. The second kappa shape index (κ2) is 6.54. The Bertz CT molecular complexity index is 685. The molecule has 1 aliphatic carbocycles. The number of aryl methyl sites for hydroxylation is 1. The van der Waals surface area contributed by atoms with Crippen LogP contribution in [0.2, 0.25) is 5.02 Å².